The molecule has 0 bridgehead atoms. The molecule has 10 heteroatoms. The van der Waals surface area contributed by atoms with E-state index in [1.807, 2.05) is 4.72 Å². The fourth-order valence-corrected chi connectivity index (χ4v) is 3.69. The van der Waals surface area contributed by atoms with Gasteiger partial charge in [-0.15, -0.1) is 11.3 Å². The molecule has 1 heterocycles. The van der Waals surface area contributed by atoms with E-state index in [2.05, 4.69) is 4.98 Å². The van der Waals surface area contributed by atoms with Gasteiger partial charge in [-0.3, -0.25) is 4.72 Å². The maximum atomic E-state index is 13.4. The van der Waals surface area contributed by atoms with Gasteiger partial charge in [0.05, 0.1) is 11.3 Å². The van der Waals surface area contributed by atoms with Crippen LogP contribution >= 0.6 is 11.3 Å². The summed E-state index contributed by atoms with van der Waals surface area (Å²) in [4.78, 5) is 14.3. The topological polar surface area (TPSA) is 96.4 Å². The maximum Gasteiger partial charge on any atom is 0.357 e. The Bertz CT molecular complexity index is 789. The number of benzene rings is 1. The lowest BCUT2D eigenvalue weighted by Gasteiger charge is -2.07. The molecule has 0 aliphatic heterocycles. The first kappa shape index (κ1) is 15.3. The highest BCUT2D eigenvalue weighted by Crippen LogP contribution is 2.23. The smallest absolute Gasteiger partial charge is 0.357 e. The molecule has 6 nitrogen and oxygen atoms in total. The van der Waals surface area contributed by atoms with Crippen LogP contribution in [0.25, 0.3) is 0 Å². The molecule has 112 valence electrons. The van der Waals surface area contributed by atoms with E-state index in [9.17, 15) is 22.0 Å². The van der Waals surface area contributed by atoms with Crippen LogP contribution in [0.3, 0.4) is 0 Å². The SMILES string of the molecule is O=C(O)c1ncsc1NS(=O)(=O)Cc1cccc(F)c1F. The van der Waals surface area contributed by atoms with Gasteiger partial charge in [0.1, 0.15) is 5.00 Å². The Hall–Kier alpha value is -2.07. The van der Waals surface area contributed by atoms with Gasteiger partial charge in [-0.05, 0) is 6.07 Å². The molecule has 2 N–H and O–H groups in total. The second-order valence-electron chi connectivity index (χ2n) is 3.91. The fourth-order valence-electron chi connectivity index (χ4n) is 1.51. The van der Waals surface area contributed by atoms with Crippen molar-refractivity contribution in [2.75, 3.05) is 4.72 Å². The van der Waals surface area contributed by atoms with E-state index in [1.165, 1.54) is 6.07 Å². The van der Waals surface area contributed by atoms with E-state index in [4.69, 9.17) is 5.11 Å². The lowest BCUT2D eigenvalue weighted by Crippen LogP contribution is -2.17. The van der Waals surface area contributed by atoms with Gasteiger partial charge in [-0.2, -0.15) is 0 Å². The number of carbonyl (C=O) groups is 1. The number of carboxylic acids is 1. The zero-order valence-electron chi connectivity index (χ0n) is 10.2. The fraction of sp³-hybridized carbons (Fsp3) is 0.0909. The predicted octanol–water partition coefficient (Wildman–Crippen LogP) is 2.06. The minimum absolute atomic E-state index is 0.195. The van der Waals surface area contributed by atoms with Gasteiger partial charge in [-0.25, -0.2) is 27.0 Å². The van der Waals surface area contributed by atoms with E-state index in [0.717, 1.165) is 29.0 Å². The van der Waals surface area contributed by atoms with Crippen molar-refractivity contribution in [3.63, 3.8) is 0 Å². The van der Waals surface area contributed by atoms with E-state index < -0.39 is 39.1 Å². The molecule has 2 rings (SSSR count). The Morgan fingerprint density at radius 3 is 2.76 bits per heavy atom. The average Bonchev–Trinajstić information content (AvgIpc) is 2.82. The highest BCUT2D eigenvalue weighted by molar-refractivity contribution is 7.92. The first-order valence-corrected chi connectivity index (χ1v) is 7.93. The second kappa shape index (κ2) is 5.74. The van der Waals surface area contributed by atoms with Crippen molar-refractivity contribution >= 4 is 32.3 Å². The highest BCUT2D eigenvalue weighted by Gasteiger charge is 2.21. The van der Waals surface area contributed by atoms with Crippen LogP contribution in [0, 0.1) is 11.6 Å². The number of hydrogen-bond donors (Lipinski definition) is 2. The standard InChI is InChI=1S/C11H8F2N2O4S2/c12-7-3-1-2-6(8(7)13)4-21(18,19)15-10-9(11(16)17)14-5-20-10/h1-3,5,15H,4H2,(H,16,17). The number of nitrogens with one attached hydrogen (secondary N) is 1. The Morgan fingerprint density at radius 2 is 2.10 bits per heavy atom. The van der Waals surface area contributed by atoms with Gasteiger partial charge >= 0.3 is 5.97 Å². The number of thiazole rings is 1. The van der Waals surface area contributed by atoms with Crippen LogP contribution in [0.5, 0.6) is 0 Å². The first-order chi connectivity index (χ1) is 9.80. The number of aromatic nitrogens is 1. The molecule has 0 saturated carbocycles. The Morgan fingerprint density at radius 1 is 1.38 bits per heavy atom. The van der Waals surface area contributed by atoms with E-state index in [1.54, 1.807) is 0 Å². The summed E-state index contributed by atoms with van der Waals surface area (Å²) in [7, 11) is -4.10. The third kappa shape index (κ3) is 3.52. The molecule has 0 saturated heterocycles. The molecular weight excluding hydrogens is 326 g/mol. The molecule has 0 amide bonds. The summed E-state index contributed by atoms with van der Waals surface area (Å²) in [6.07, 6.45) is 0. The summed E-state index contributed by atoms with van der Waals surface area (Å²) in [6.45, 7) is 0. The number of carboxylic acid groups (broad SMARTS) is 1. The minimum Gasteiger partial charge on any atom is -0.476 e. The Balaban J connectivity index is 2.25. The van der Waals surface area contributed by atoms with Gasteiger partial charge in [0, 0.05) is 5.56 Å². The number of anilines is 1. The van der Waals surface area contributed by atoms with E-state index >= 15 is 0 Å². The van der Waals surface area contributed by atoms with Crippen molar-refractivity contribution in [3.05, 3.63) is 46.6 Å². The van der Waals surface area contributed by atoms with E-state index in [0.29, 0.717) is 0 Å². The summed E-state index contributed by atoms with van der Waals surface area (Å²) in [5, 5.41) is 8.63. The van der Waals surface area contributed by atoms with Crippen LogP contribution in [0.4, 0.5) is 13.8 Å². The quantitative estimate of drug-likeness (QED) is 0.872. The third-order valence-electron chi connectivity index (χ3n) is 2.40. The summed E-state index contributed by atoms with van der Waals surface area (Å²) < 4.78 is 52.3. The predicted molar refractivity (Wildman–Crippen MR) is 71.7 cm³/mol. The van der Waals surface area contributed by atoms with Crippen molar-refractivity contribution in [2.45, 2.75) is 5.75 Å². The monoisotopic (exact) mass is 334 g/mol. The largest absolute Gasteiger partial charge is 0.476 e. The number of aromatic carboxylic acids is 1. The third-order valence-corrected chi connectivity index (χ3v) is 4.47. The number of rotatable bonds is 5. The molecule has 0 unspecified atom stereocenters. The second-order valence-corrected chi connectivity index (χ2v) is 6.49. The molecule has 0 fully saturated rings. The average molecular weight is 334 g/mol. The molecule has 0 aliphatic carbocycles. The van der Waals surface area contributed by atoms with Crippen LogP contribution in [0.15, 0.2) is 23.7 Å². The van der Waals surface area contributed by atoms with Crippen molar-refractivity contribution in [1.82, 2.24) is 4.98 Å². The highest BCUT2D eigenvalue weighted by atomic mass is 32.2. The lowest BCUT2D eigenvalue weighted by molar-refractivity contribution is 0.0692. The molecular formula is C11H8F2N2O4S2. The van der Waals surface area contributed by atoms with Gasteiger partial charge in [0.15, 0.2) is 17.3 Å². The molecule has 0 radical (unpaired) electrons. The van der Waals surface area contributed by atoms with Crippen LogP contribution in [-0.2, 0) is 15.8 Å². The number of sulfonamides is 1. The summed E-state index contributed by atoms with van der Waals surface area (Å²) >= 11 is 0.773. The molecule has 0 atom stereocenters. The molecule has 2 aromatic rings. The van der Waals surface area contributed by atoms with Crippen molar-refractivity contribution in [2.24, 2.45) is 0 Å². The zero-order chi connectivity index (χ0) is 15.6. The van der Waals surface area contributed by atoms with Crippen LogP contribution in [-0.4, -0.2) is 24.5 Å². The number of hydrogen-bond acceptors (Lipinski definition) is 5. The molecule has 0 spiro atoms. The van der Waals surface area contributed by atoms with Gasteiger partial charge in [-0.1, -0.05) is 12.1 Å². The van der Waals surface area contributed by atoms with Gasteiger partial charge in [0.25, 0.3) is 0 Å². The molecule has 21 heavy (non-hydrogen) atoms. The van der Waals surface area contributed by atoms with Gasteiger partial charge < -0.3 is 5.11 Å². The molecule has 1 aromatic heterocycles. The van der Waals surface area contributed by atoms with Crippen LogP contribution in [0.2, 0.25) is 0 Å². The van der Waals surface area contributed by atoms with Crippen molar-refractivity contribution < 1.29 is 27.1 Å². The van der Waals surface area contributed by atoms with Crippen LogP contribution in [0.1, 0.15) is 16.1 Å². The summed E-state index contributed by atoms with van der Waals surface area (Å²) in [6, 6.07) is 3.17. The maximum absolute atomic E-state index is 13.4. The summed E-state index contributed by atoms with van der Waals surface area (Å²) in [5.41, 5.74) is 0.344. The van der Waals surface area contributed by atoms with Gasteiger partial charge in [0.2, 0.25) is 10.0 Å². The van der Waals surface area contributed by atoms with Crippen molar-refractivity contribution in [3.8, 4) is 0 Å². The Kier molecular flexibility index (Phi) is 4.19. The number of nitrogens with zero attached hydrogens (tertiary/aromatic N) is 1. The molecule has 0 aliphatic rings. The number of halogens is 2. The van der Waals surface area contributed by atoms with Crippen LogP contribution < -0.4 is 4.72 Å². The van der Waals surface area contributed by atoms with E-state index in [-0.39, 0.29) is 10.6 Å². The zero-order valence-corrected chi connectivity index (χ0v) is 11.8. The summed E-state index contributed by atoms with van der Waals surface area (Å²) in [5.74, 6) is -4.64. The normalized spacial score (nSPS) is 11.3. The lowest BCUT2D eigenvalue weighted by atomic mass is 10.2. The first-order valence-electron chi connectivity index (χ1n) is 5.40. The minimum atomic E-state index is -4.10. The van der Waals surface area contributed by atoms with Crippen molar-refractivity contribution in [1.29, 1.82) is 0 Å². The molecule has 1 aromatic carbocycles. The Labute approximate surface area is 122 Å².